The molecule has 0 saturated heterocycles. The quantitative estimate of drug-likeness (QED) is 0.351. The van der Waals surface area contributed by atoms with Crippen molar-refractivity contribution in [2.24, 2.45) is 0 Å². The maximum absolute atomic E-state index is 14.4. The second-order valence-electron chi connectivity index (χ2n) is 8.05. The van der Waals surface area contributed by atoms with E-state index in [1.54, 1.807) is 55.5 Å². The number of nitrogens with one attached hydrogen (secondary N) is 1. The van der Waals surface area contributed by atoms with E-state index >= 15 is 0 Å². The van der Waals surface area contributed by atoms with Crippen LogP contribution in [0.15, 0.2) is 83.0 Å². The second-order valence-corrected chi connectivity index (χ2v) is 8.48. The number of carbonyl (C=O) groups excluding carboxylic acids is 1. The Balaban J connectivity index is 1.62. The maximum atomic E-state index is 14.4. The molecule has 0 aliphatic carbocycles. The predicted molar refractivity (Wildman–Crippen MR) is 127 cm³/mol. The average Bonchev–Trinajstić information content (AvgIpc) is 3.32. The number of urea groups is 1. The molecule has 0 fully saturated rings. The SMILES string of the molecule is CC1=C(c2nc(-c3cccc(F)c3)no2)C(c2cccc(Cl)c2)NC(=O)N1Cc1ccccc1F. The number of hydrogen-bond acceptors (Lipinski definition) is 4. The van der Waals surface area contributed by atoms with Gasteiger partial charge in [-0.2, -0.15) is 4.98 Å². The van der Waals surface area contributed by atoms with E-state index in [1.165, 1.54) is 23.1 Å². The molecule has 1 aliphatic heterocycles. The zero-order chi connectivity index (χ0) is 24.5. The van der Waals surface area contributed by atoms with E-state index in [4.69, 9.17) is 16.1 Å². The third-order valence-corrected chi connectivity index (χ3v) is 6.04. The summed E-state index contributed by atoms with van der Waals surface area (Å²) in [6, 6.07) is 18.1. The largest absolute Gasteiger partial charge is 0.334 e. The van der Waals surface area contributed by atoms with E-state index in [2.05, 4.69) is 15.5 Å². The molecular formula is C26H19ClF2N4O2. The van der Waals surface area contributed by atoms with Gasteiger partial charge in [0.15, 0.2) is 0 Å². The van der Waals surface area contributed by atoms with Crippen LogP contribution in [0.25, 0.3) is 17.0 Å². The van der Waals surface area contributed by atoms with Crippen LogP contribution in [0, 0.1) is 11.6 Å². The molecule has 3 aromatic carbocycles. The number of allylic oxidation sites excluding steroid dienone is 1. The lowest BCUT2D eigenvalue weighted by molar-refractivity contribution is 0.202. The van der Waals surface area contributed by atoms with Crippen molar-refractivity contribution >= 4 is 23.2 Å². The monoisotopic (exact) mass is 492 g/mol. The number of halogens is 3. The molecule has 0 spiro atoms. The van der Waals surface area contributed by atoms with Crippen molar-refractivity contribution in [3.8, 4) is 11.4 Å². The minimum absolute atomic E-state index is 0.000989. The summed E-state index contributed by atoms with van der Waals surface area (Å²) in [5, 5.41) is 7.46. The Morgan fingerprint density at radius 2 is 1.86 bits per heavy atom. The molecule has 5 rings (SSSR count). The highest BCUT2D eigenvalue weighted by molar-refractivity contribution is 6.30. The summed E-state index contributed by atoms with van der Waals surface area (Å²) < 4.78 is 33.7. The molecule has 35 heavy (non-hydrogen) atoms. The van der Waals surface area contributed by atoms with E-state index in [-0.39, 0.29) is 18.3 Å². The summed E-state index contributed by atoms with van der Waals surface area (Å²) in [4.78, 5) is 19.1. The molecule has 2 heterocycles. The number of hydrogen-bond donors (Lipinski definition) is 1. The van der Waals surface area contributed by atoms with Gasteiger partial charge in [0, 0.05) is 21.8 Å². The molecule has 2 amide bonds. The Morgan fingerprint density at radius 1 is 1.06 bits per heavy atom. The van der Waals surface area contributed by atoms with E-state index in [0.717, 1.165) is 0 Å². The van der Waals surface area contributed by atoms with Crippen molar-refractivity contribution in [1.82, 2.24) is 20.4 Å². The lowest BCUT2D eigenvalue weighted by atomic mass is 9.94. The third kappa shape index (κ3) is 4.52. The molecule has 1 aliphatic rings. The smallest absolute Gasteiger partial charge is 0.322 e. The van der Waals surface area contributed by atoms with E-state index in [1.807, 2.05) is 6.07 Å². The van der Waals surface area contributed by atoms with Crippen LogP contribution in [0.5, 0.6) is 0 Å². The lowest BCUT2D eigenvalue weighted by Gasteiger charge is -2.35. The Kier molecular flexibility index (Phi) is 6.05. The highest BCUT2D eigenvalue weighted by Crippen LogP contribution is 2.38. The summed E-state index contributed by atoms with van der Waals surface area (Å²) >= 11 is 6.22. The third-order valence-electron chi connectivity index (χ3n) is 5.80. The number of rotatable bonds is 5. The fourth-order valence-corrected chi connectivity index (χ4v) is 4.26. The van der Waals surface area contributed by atoms with Gasteiger partial charge < -0.3 is 9.84 Å². The number of amides is 2. The first-order valence-corrected chi connectivity index (χ1v) is 11.2. The van der Waals surface area contributed by atoms with E-state index < -0.39 is 23.7 Å². The van der Waals surface area contributed by atoms with Crippen LogP contribution < -0.4 is 5.32 Å². The molecular weight excluding hydrogens is 474 g/mol. The van der Waals surface area contributed by atoms with Crippen LogP contribution in [0.2, 0.25) is 5.02 Å². The molecule has 4 aromatic rings. The van der Waals surface area contributed by atoms with Gasteiger partial charge in [0.1, 0.15) is 11.6 Å². The Labute approximate surface area is 204 Å². The topological polar surface area (TPSA) is 71.3 Å². The number of carbonyl (C=O) groups is 1. The van der Waals surface area contributed by atoms with Crippen molar-refractivity contribution in [2.45, 2.75) is 19.5 Å². The van der Waals surface area contributed by atoms with Crippen LogP contribution in [-0.2, 0) is 6.54 Å². The van der Waals surface area contributed by atoms with Crippen molar-refractivity contribution in [3.63, 3.8) is 0 Å². The van der Waals surface area contributed by atoms with Crippen molar-refractivity contribution in [3.05, 3.63) is 112 Å². The molecule has 9 heteroatoms. The van der Waals surface area contributed by atoms with Crippen LogP contribution in [0.1, 0.15) is 30.0 Å². The van der Waals surface area contributed by atoms with E-state index in [0.29, 0.717) is 33.0 Å². The van der Waals surface area contributed by atoms with Crippen LogP contribution in [0.4, 0.5) is 13.6 Å². The van der Waals surface area contributed by atoms with Gasteiger partial charge in [0.2, 0.25) is 5.82 Å². The fraction of sp³-hybridized carbons (Fsp3) is 0.115. The van der Waals surface area contributed by atoms with Gasteiger partial charge in [-0.25, -0.2) is 13.6 Å². The number of nitrogens with zero attached hydrogens (tertiary/aromatic N) is 3. The van der Waals surface area contributed by atoms with Crippen molar-refractivity contribution < 1.29 is 18.1 Å². The summed E-state index contributed by atoms with van der Waals surface area (Å²) in [7, 11) is 0. The van der Waals surface area contributed by atoms with Gasteiger partial charge in [-0.15, -0.1) is 0 Å². The van der Waals surface area contributed by atoms with E-state index in [9.17, 15) is 13.6 Å². The van der Waals surface area contributed by atoms with Gasteiger partial charge in [0.25, 0.3) is 5.89 Å². The Morgan fingerprint density at radius 3 is 2.63 bits per heavy atom. The maximum Gasteiger partial charge on any atom is 0.322 e. The summed E-state index contributed by atoms with van der Waals surface area (Å²) in [5.41, 5.74) is 2.54. The number of aromatic nitrogens is 2. The molecule has 1 atom stereocenters. The molecule has 176 valence electrons. The van der Waals surface area contributed by atoms with Gasteiger partial charge in [-0.05, 0) is 42.8 Å². The van der Waals surface area contributed by atoms with Crippen LogP contribution in [-0.4, -0.2) is 21.1 Å². The first-order valence-electron chi connectivity index (χ1n) is 10.8. The lowest BCUT2D eigenvalue weighted by Crippen LogP contribution is -2.45. The van der Waals surface area contributed by atoms with Gasteiger partial charge in [-0.1, -0.05) is 59.2 Å². The zero-order valence-corrected chi connectivity index (χ0v) is 19.3. The molecule has 0 radical (unpaired) electrons. The molecule has 0 bridgehead atoms. The first-order chi connectivity index (χ1) is 16.9. The first kappa shape index (κ1) is 22.7. The fourth-order valence-electron chi connectivity index (χ4n) is 4.06. The molecule has 0 saturated carbocycles. The highest BCUT2D eigenvalue weighted by Gasteiger charge is 2.36. The van der Waals surface area contributed by atoms with Crippen LogP contribution in [0.3, 0.4) is 0 Å². The Bertz CT molecular complexity index is 1450. The summed E-state index contributed by atoms with van der Waals surface area (Å²) in [6.07, 6.45) is 0. The zero-order valence-electron chi connectivity index (χ0n) is 18.5. The molecule has 1 unspecified atom stereocenters. The van der Waals surface area contributed by atoms with Crippen molar-refractivity contribution in [1.29, 1.82) is 0 Å². The molecule has 6 nitrogen and oxygen atoms in total. The summed E-state index contributed by atoms with van der Waals surface area (Å²) in [5.74, 6) is -0.507. The van der Waals surface area contributed by atoms with Gasteiger partial charge in [0.05, 0.1) is 18.2 Å². The second kappa shape index (κ2) is 9.31. The minimum atomic E-state index is -0.654. The summed E-state index contributed by atoms with van der Waals surface area (Å²) in [6.45, 7) is 1.74. The predicted octanol–water partition coefficient (Wildman–Crippen LogP) is 6.37. The standard InChI is InChI=1S/C26H19ClF2N4O2/c1-15-22(25-31-24(32-35-25)17-8-5-10-20(28)13-17)23(16-7-4-9-19(27)12-16)30-26(34)33(15)14-18-6-2-3-11-21(18)29/h2-13,23H,14H2,1H3,(H,30,34). The minimum Gasteiger partial charge on any atom is -0.334 e. The number of benzene rings is 3. The Hall–Kier alpha value is -4.04. The van der Waals surface area contributed by atoms with Crippen LogP contribution >= 0.6 is 11.6 Å². The van der Waals surface area contributed by atoms with Crippen molar-refractivity contribution in [2.75, 3.05) is 0 Å². The molecule has 1 aromatic heterocycles. The normalized spacial score (nSPS) is 15.9. The van der Waals surface area contributed by atoms with Gasteiger partial charge >= 0.3 is 6.03 Å². The average molecular weight is 493 g/mol. The van der Waals surface area contributed by atoms with Gasteiger partial charge in [-0.3, -0.25) is 4.90 Å². The molecule has 1 N–H and O–H groups in total. The highest BCUT2D eigenvalue weighted by atomic mass is 35.5.